The van der Waals surface area contributed by atoms with Crippen LogP contribution in [-0.2, 0) is 11.2 Å². The smallest absolute Gasteiger partial charge is 0.387 e. The standard InChI is InChI=1S/C18H19F2N5O2S/c1-11-9-12(2)25-17(22-11)23-18(24-25)28-10-15(26)21-8-7-13-3-5-14(6-4-13)27-16(19)20/h3-6,9,16H,7-8,10H2,1-2H3,(H,21,26). The van der Waals surface area contributed by atoms with E-state index in [1.54, 1.807) is 16.6 Å². The van der Waals surface area contributed by atoms with E-state index in [-0.39, 0.29) is 17.4 Å². The van der Waals surface area contributed by atoms with Gasteiger partial charge < -0.3 is 10.1 Å². The normalized spacial score (nSPS) is 11.2. The Morgan fingerprint density at radius 2 is 2.00 bits per heavy atom. The van der Waals surface area contributed by atoms with Gasteiger partial charge in [0.15, 0.2) is 0 Å². The number of aromatic nitrogens is 4. The summed E-state index contributed by atoms with van der Waals surface area (Å²) in [6.07, 6.45) is 0.584. The highest BCUT2D eigenvalue weighted by molar-refractivity contribution is 7.99. The summed E-state index contributed by atoms with van der Waals surface area (Å²) in [5.41, 5.74) is 2.70. The first-order chi connectivity index (χ1) is 13.4. The van der Waals surface area contributed by atoms with Gasteiger partial charge in [0.05, 0.1) is 5.75 Å². The summed E-state index contributed by atoms with van der Waals surface area (Å²) in [5.74, 6) is 0.678. The average Bonchev–Trinajstić information content (AvgIpc) is 3.04. The predicted octanol–water partition coefficient (Wildman–Crippen LogP) is 2.79. The fourth-order valence-electron chi connectivity index (χ4n) is 2.57. The molecule has 7 nitrogen and oxygen atoms in total. The van der Waals surface area contributed by atoms with Crippen LogP contribution in [0.4, 0.5) is 8.78 Å². The molecule has 0 saturated heterocycles. The van der Waals surface area contributed by atoms with Crippen molar-refractivity contribution >= 4 is 23.4 Å². The van der Waals surface area contributed by atoms with E-state index in [2.05, 4.69) is 25.1 Å². The molecule has 2 aromatic heterocycles. The van der Waals surface area contributed by atoms with Crippen molar-refractivity contribution in [2.75, 3.05) is 12.3 Å². The number of halogens is 2. The minimum Gasteiger partial charge on any atom is -0.435 e. The lowest BCUT2D eigenvalue weighted by Crippen LogP contribution is -2.27. The van der Waals surface area contributed by atoms with Gasteiger partial charge in [0.25, 0.3) is 5.78 Å². The first-order valence-corrected chi connectivity index (χ1v) is 9.53. The number of amides is 1. The van der Waals surface area contributed by atoms with E-state index >= 15 is 0 Å². The van der Waals surface area contributed by atoms with Crippen LogP contribution in [0.3, 0.4) is 0 Å². The summed E-state index contributed by atoms with van der Waals surface area (Å²) in [5, 5.41) is 7.65. The van der Waals surface area contributed by atoms with Crippen LogP contribution < -0.4 is 10.1 Å². The summed E-state index contributed by atoms with van der Waals surface area (Å²) in [7, 11) is 0. The molecule has 3 aromatic rings. The van der Waals surface area contributed by atoms with Crippen LogP contribution in [0.25, 0.3) is 5.78 Å². The SMILES string of the molecule is Cc1cc(C)n2nc(SCC(=O)NCCc3ccc(OC(F)F)cc3)nc2n1. The van der Waals surface area contributed by atoms with Crippen LogP contribution in [0.1, 0.15) is 17.0 Å². The number of nitrogens with one attached hydrogen (secondary N) is 1. The molecular formula is C18H19F2N5O2S. The van der Waals surface area contributed by atoms with Crippen LogP contribution in [0.5, 0.6) is 5.75 Å². The van der Waals surface area contributed by atoms with E-state index in [0.717, 1.165) is 17.0 Å². The maximum atomic E-state index is 12.1. The molecule has 0 aliphatic heterocycles. The number of hydrogen-bond donors (Lipinski definition) is 1. The highest BCUT2D eigenvalue weighted by Gasteiger charge is 2.10. The zero-order chi connectivity index (χ0) is 20.1. The van der Waals surface area contributed by atoms with Crippen molar-refractivity contribution in [3.63, 3.8) is 0 Å². The van der Waals surface area contributed by atoms with Crippen LogP contribution in [0, 0.1) is 13.8 Å². The molecular weight excluding hydrogens is 388 g/mol. The zero-order valence-electron chi connectivity index (χ0n) is 15.4. The second-order valence-electron chi connectivity index (χ2n) is 6.06. The van der Waals surface area contributed by atoms with E-state index in [4.69, 9.17) is 0 Å². The second-order valence-corrected chi connectivity index (χ2v) is 7.00. The molecule has 3 rings (SSSR count). The van der Waals surface area contributed by atoms with Crippen LogP contribution >= 0.6 is 11.8 Å². The number of hydrogen-bond acceptors (Lipinski definition) is 6. The Kier molecular flexibility index (Phi) is 6.40. The number of nitrogens with zero attached hydrogens (tertiary/aromatic N) is 4. The van der Waals surface area contributed by atoms with Crippen LogP contribution in [0.15, 0.2) is 35.5 Å². The topological polar surface area (TPSA) is 81.4 Å². The summed E-state index contributed by atoms with van der Waals surface area (Å²) >= 11 is 1.24. The lowest BCUT2D eigenvalue weighted by atomic mass is 10.1. The third-order valence-corrected chi connectivity index (χ3v) is 4.65. The van der Waals surface area contributed by atoms with Crippen molar-refractivity contribution in [2.24, 2.45) is 0 Å². The Bertz CT molecular complexity index is 963. The van der Waals surface area contributed by atoms with Crippen molar-refractivity contribution < 1.29 is 18.3 Å². The predicted molar refractivity (Wildman–Crippen MR) is 101 cm³/mol. The van der Waals surface area contributed by atoms with E-state index < -0.39 is 6.61 Å². The van der Waals surface area contributed by atoms with Crippen molar-refractivity contribution in [3.8, 4) is 5.75 Å². The van der Waals surface area contributed by atoms with Gasteiger partial charge >= 0.3 is 6.61 Å². The van der Waals surface area contributed by atoms with Gasteiger partial charge in [-0.15, -0.1) is 5.10 Å². The molecule has 0 aliphatic carbocycles. The van der Waals surface area contributed by atoms with E-state index in [1.165, 1.54) is 23.9 Å². The van der Waals surface area contributed by atoms with Gasteiger partial charge in [0.2, 0.25) is 11.1 Å². The lowest BCUT2D eigenvalue weighted by molar-refractivity contribution is -0.118. The van der Waals surface area contributed by atoms with Crippen molar-refractivity contribution in [2.45, 2.75) is 32.0 Å². The number of carbonyl (C=O) groups is 1. The minimum atomic E-state index is -2.84. The summed E-state index contributed by atoms with van der Waals surface area (Å²) < 4.78 is 30.2. The van der Waals surface area contributed by atoms with Gasteiger partial charge in [-0.3, -0.25) is 4.79 Å². The highest BCUT2D eigenvalue weighted by atomic mass is 32.2. The number of ether oxygens (including phenoxy) is 1. The number of aryl methyl sites for hydroxylation is 2. The van der Waals surface area contributed by atoms with Gasteiger partial charge in [-0.05, 0) is 44.0 Å². The minimum absolute atomic E-state index is 0.110. The van der Waals surface area contributed by atoms with E-state index in [0.29, 0.717) is 23.9 Å². The molecule has 1 N–H and O–H groups in total. The Morgan fingerprint density at radius 1 is 1.25 bits per heavy atom. The molecule has 0 fully saturated rings. The third-order valence-electron chi connectivity index (χ3n) is 3.82. The van der Waals surface area contributed by atoms with Crippen molar-refractivity contribution in [1.82, 2.24) is 24.9 Å². The number of fused-ring (bicyclic) bond motifs is 1. The van der Waals surface area contributed by atoms with E-state index in [9.17, 15) is 13.6 Å². The third kappa shape index (κ3) is 5.38. The number of carbonyl (C=O) groups excluding carboxylic acids is 1. The largest absolute Gasteiger partial charge is 0.435 e. The second kappa shape index (κ2) is 8.96. The number of rotatable bonds is 8. The summed E-state index contributed by atoms with van der Waals surface area (Å²) in [6, 6.07) is 8.25. The molecule has 1 amide bonds. The summed E-state index contributed by atoms with van der Waals surface area (Å²) in [4.78, 5) is 20.6. The maximum absolute atomic E-state index is 12.1. The molecule has 10 heteroatoms. The van der Waals surface area contributed by atoms with Gasteiger partial charge in [0, 0.05) is 17.9 Å². The quantitative estimate of drug-likeness (QED) is 0.579. The van der Waals surface area contributed by atoms with Crippen molar-refractivity contribution in [3.05, 3.63) is 47.3 Å². The molecule has 0 aliphatic rings. The molecule has 0 unspecified atom stereocenters. The molecule has 0 saturated carbocycles. The first-order valence-electron chi connectivity index (χ1n) is 8.55. The molecule has 0 radical (unpaired) electrons. The van der Waals surface area contributed by atoms with Crippen LogP contribution in [0.2, 0.25) is 0 Å². The lowest BCUT2D eigenvalue weighted by Gasteiger charge is -2.07. The monoisotopic (exact) mass is 407 g/mol. The Hall–Kier alpha value is -2.75. The van der Waals surface area contributed by atoms with Crippen LogP contribution in [-0.4, -0.2) is 44.4 Å². The number of benzene rings is 1. The molecule has 0 spiro atoms. The van der Waals surface area contributed by atoms with Crippen molar-refractivity contribution in [1.29, 1.82) is 0 Å². The first kappa shape index (κ1) is 20.0. The Morgan fingerprint density at radius 3 is 2.71 bits per heavy atom. The molecule has 0 atom stereocenters. The average molecular weight is 407 g/mol. The maximum Gasteiger partial charge on any atom is 0.387 e. The van der Waals surface area contributed by atoms with Gasteiger partial charge in [-0.25, -0.2) is 9.50 Å². The fourth-order valence-corrected chi connectivity index (χ4v) is 3.22. The molecule has 28 heavy (non-hydrogen) atoms. The van der Waals surface area contributed by atoms with Gasteiger partial charge in [0.1, 0.15) is 5.75 Å². The highest BCUT2D eigenvalue weighted by Crippen LogP contribution is 2.16. The fraction of sp³-hybridized carbons (Fsp3) is 0.333. The Balaban J connectivity index is 1.44. The van der Waals surface area contributed by atoms with Gasteiger partial charge in [-0.2, -0.15) is 13.8 Å². The molecule has 1 aromatic carbocycles. The molecule has 0 bridgehead atoms. The zero-order valence-corrected chi connectivity index (χ0v) is 16.2. The molecule has 148 valence electrons. The van der Waals surface area contributed by atoms with E-state index in [1.807, 2.05) is 19.9 Å². The number of alkyl halides is 2. The van der Waals surface area contributed by atoms with Gasteiger partial charge in [-0.1, -0.05) is 23.9 Å². The number of thioether (sulfide) groups is 1. The molecule has 2 heterocycles. The summed E-state index contributed by atoms with van der Waals surface area (Å²) in [6.45, 7) is 1.41. The Labute approximate surface area is 164 Å².